The van der Waals surface area contributed by atoms with Gasteiger partial charge < -0.3 is 15.4 Å². The van der Waals surface area contributed by atoms with Crippen molar-refractivity contribution in [1.29, 1.82) is 0 Å². The Labute approximate surface area is 91.1 Å². The van der Waals surface area contributed by atoms with E-state index in [9.17, 15) is 4.79 Å². The topological polar surface area (TPSA) is 50.4 Å². The zero-order chi connectivity index (χ0) is 10.9. The Morgan fingerprint density at radius 3 is 2.93 bits per heavy atom. The lowest BCUT2D eigenvalue weighted by Crippen LogP contribution is -2.34. The summed E-state index contributed by atoms with van der Waals surface area (Å²) in [5.41, 5.74) is 0. The highest BCUT2D eigenvalue weighted by molar-refractivity contribution is 5.87. The monoisotopic (exact) mass is 212 g/mol. The van der Waals surface area contributed by atoms with Crippen LogP contribution in [0.2, 0.25) is 0 Å². The quantitative estimate of drug-likeness (QED) is 0.514. The van der Waals surface area contributed by atoms with Crippen molar-refractivity contribution in [2.75, 3.05) is 26.2 Å². The first-order valence-corrected chi connectivity index (χ1v) is 5.56. The molecule has 1 rings (SSSR count). The van der Waals surface area contributed by atoms with E-state index in [0.29, 0.717) is 19.3 Å². The molecule has 0 aliphatic carbocycles. The second-order valence-corrected chi connectivity index (χ2v) is 3.61. The first-order valence-electron chi connectivity index (χ1n) is 5.56. The standard InChI is InChI=1S/C11H20N2O2/c1-2-3-11(14)13-8-9-15-10-4-6-12-7-5-10/h2-3,10,12H,4-9H2,1H3,(H,13,14). The van der Waals surface area contributed by atoms with Crippen LogP contribution in [0.4, 0.5) is 0 Å². The van der Waals surface area contributed by atoms with Crippen molar-refractivity contribution >= 4 is 5.91 Å². The highest BCUT2D eigenvalue weighted by Gasteiger charge is 2.12. The molecule has 0 unspecified atom stereocenters. The molecule has 0 bridgehead atoms. The minimum atomic E-state index is -0.0496. The van der Waals surface area contributed by atoms with Gasteiger partial charge in [-0.25, -0.2) is 0 Å². The molecule has 15 heavy (non-hydrogen) atoms. The molecule has 1 fully saturated rings. The summed E-state index contributed by atoms with van der Waals surface area (Å²) in [6.07, 6.45) is 5.75. The SMILES string of the molecule is CC=CC(=O)NCCOC1CCNCC1. The molecular weight excluding hydrogens is 192 g/mol. The van der Waals surface area contributed by atoms with Crippen LogP contribution in [0.1, 0.15) is 19.8 Å². The molecule has 0 aromatic carbocycles. The number of hydrogen-bond acceptors (Lipinski definition) is 3. The smallest absolute Gasteiger partial charge is 0.243 e. The molecule has 0 atom stereocenters. The lowest BCUT2D eigenvalue weighted by atomic mass is 10.1. The average Bonchev–Trinajstić information content (AvgIpc) is 2.26. The Kier molecular flexibility index (Phi) is 6.04. The molecule has 1 saturated heterocycles. The van der Waals surface area contributed by atoms with Gasteiger partial charge in [-0.05, 0) is 38.9 Å². The third-order valence-electron chi connectivity index (χ3n) is 2.36. The minimum Gasteiger partial charge on any atom is -0.376 e. The van der Waals surface area contributed by atoms with Gasteiger partial charge in [0.15, 0.2) is 0 Å². The number of allylic oxidation sites excluding steroid dienone is 1. The first kappa shape index (κ1) is 12.2. The molecule has 4 heteroatoms. The van der Waals surface area contributed by atoms with Crippen molar-refractivity contribution in [3.8, 4) is 0 Å². The summed E-state index contributed by atoms with van der Waals surface area (Å²) in [6.45, 7) is 5.09. The van der Waals surface area contributed by atoms with E-state index in [1.807, 2.05) is 6.92 Å². The van der Waals surface area contributed by atoms with Crippen LogP contribution in [0.5, 0.6) is 0 Å². The van der Waals surface area contributed by atoms with Crippen LogP contribution >= 0.6 is 0 Å². The maximum absolute atomic E-state index is 11.0. The number of amides is 1. The zero-order valence-corrected chi connectivity index (χ0v) is 9.29. The molecule has 2 N–H and O–H groups in total. The molecular formula is C11H20N2O2. The maximum Gasteiger partial charge on any atom is 0.243 e. The van der Waals surface area contributed by atoms with E-state index in [2.05, 4.69) is 10.6 Å². The molecule has 4 nitrogen and oxygen atoms in total. The van der Waals surface area contributed by atoms with Gasteiger partial charge >= 0.3 is 0 Å². The van der Waals surface area contributed by atoms with Gasteiger partial charge in [-0.3, -0.25) is 4.79 Å². The van der Waals surface area contributed by atoms with Crippen molar-refractivity contribution in [1.82, 2.24) is 10.6 Å². The summed E-state index contributed by atoms with van der Waals surface area (Å²) in [5, 5.41) is 6.04. The van der Waals surface area contributed by atoms with Crippen LogP contribution in [-0.4, -0.2) is 38.3 Å². The van der Waals surface area contributed by atoms with E-state index in [1.165, 1.54) is 6.08 Å². The molecule has 0 aromatic rings. The lowest BCUT2D eigenvalue weighted by Gasteiger charge is -2.22. The van der Waals surface area contributed by atoms with Crippen molar-refractivity contribution in [3.05, 3.63) is 12.2 Å². The predicted molar refractivity (Wildman–Crippen MR) is 59.7 cm³/mol. The Balaban J connectivity index is 1.98. The summed E-state index contributed by atoms with van der Waals surface area (Å²) in [4.78, 5) is 11.0. The van der Waals surface area contributed by atoms with E-state index >= 15 is 0 Å². The van der Waals surface area contributed by atoms with Crippen LogP contribution in [0.15, 0.2) is 12.2 Å². The number of hydrogen-bond donors (Lipinski definition) is 2. The van der Waals surface area contributed by atoms with E-state index in [1.54, 1.807) is 6.08 Å². The van der Waals surface area contributed by atoms with Crippen molar-refractivity contribution in [3.63, 3.8) is 0 Å². The molecule has 0 saturated carbocycles. The fourth-order valence-electron chi connectivity index (χ4n) is 1.57. The second-order valence-electron chi connectivity index (χ2n) is 3.61. The van der Waals surface area contributed by atoms with Crippen LogP contribution < -0.4 is 10.6 Å². The number of carbonyl (C=O) groups excluding carboxylic acids is 1. The Hall–Kier alpha value is -0.870. The molecule has 0 spiro atoms. The second kappa shape index (κ2) is 7.43. The highest BCUT2D eigenvalue weighted by Crippen LogP contribution is 2.05. The maximum atomic E-state index is 11.0. The summed E-state index contributed by atoms with van der Waals surface area (Å²) in [7, 11) is 0. The molecule has 0 aromatic heterocycles. The van der Waals surface area contributed by atoms with Gasteiger partial charge in [-0.2, -0.15) is 0 Å². The van der Waals surface area contributed by atoms with Gasteiger partial charge in [-0.1, -0.05) is 6.08 Å². The molecule has 1 heterocycles. The number of rotatable bonds is 5. The van der Waals surface area contributed by atoms with E-state index in [4.69, 9.17) is 4.74 Å². The normalized spacial score (nSPS) is 18.2. The average molecular weight is 212 g/mol. The largest absolute Gasteiger partial charge is 0.376 e. The third-order valence-corrected chi connectivity index (χ3v) is 2.36. The fourth-order valence-corrected chi connectivity index (χ4v) is 1.57. The van der Waals surface area contributed by atoms with Crippen LogP contribution in [0, 0.1) is 0 Å². The first-order chi connectivity index (χ1) is 7.33. The lowest BCUT2D eigenvalue weighted by molar-refractivity contribution is -0.116. The zero-order valence-electron chi connectivity index (χ0n) is 9.29. The number of ether oxygens (including phenoxy) is 1. The molecule has 1 aliphatic rings. The minimum absolute atomic E-state index is 0.0496. The van der Waals surface area contributed by atoms with E-state index in [0.717, 1.165) is 25.9 Å². The Bertz CT molecular complexity index is 211. The summed E-state index contributed by atoms with van der Waals surface area (Å²) in [6, 6.07) is 0. The number of nitrogens with one attached hydrogen (secondary N) is 2. The number of carbonyl (C=O) groups is 1. The number of piperidine rings is 1. The summed E-state index contributed by atoms with van der Waals surface area (Å²) >= 11 is 0. The van der Waals surface area contributed by atoms with Crippen LogP contribution in [-0.2, 0) is 9.53 Å². The van der Waals surface area contributed by atoms with Crippen LogP contribution in [0.3, 0.4) is 0 Å². The van der Waals surface area contributed by atoms with Gasteiger partial charge in [0.05, 0.1) is 12.7 Å². The fraction of sp³-hybridized carbons (Fsp3) is 0.727. The van der Waals surface area contributed by atoms with Gasteiger partial charge in [0.25, 0.3) is 0 Å². The van der Waals surface area contributed by atoms with Crippen molar-refractivity contribution in [2.45, 2.75) is 25.9 Å². The predicted octanol–water partition coefficient (Wildman–Crippen LogP) is 0.447. The van der Waals surface area contributed by atoms with E-state index < -0.39 is 0 Å². The molecule has 1 aliphatic heterocycles. The molecule has 1 amide bonds. The summed E-state index contributed by atoms with van der Waals surface area (Å²) in [5.74, 6) is -0.0496. The summed E-state index contributed by atoms with van der Waals surface area (Å²) < 4.78 is 5.63. The van der Waals surface area contributed by atoms with Gasteiger partial charge in [0, 0.05) is 6.54 Å². The Morgan fingerprint density at radius 1 is 1.53 bits per heavy atom. The highest BCUT2D eigenvalue weighted by atomic mass is 16.5. The third kappa shape index (κ3) is 5.54. The van der Waals surface area contributed by atoms with E-state index in [-0.39, 0.29) is 5.91 Å². The van der Waals surface area contributed by atoms with Crippen molar-refractivity contribution < 1.29 is 9.53 Å². The molecule has 86 valence electrons. The van der Waals surface area contributed by atoms with Gasteiger partial charge in [-0.15, -0.1) is 0 Å². The van der Waals surface area contributed by atoms with Gasteiger partial charge in [0.2, 0.25) is 5.91 Å². The van der Waals surface area contributed by atoms with Crippen molar-refractivity contribution in [2.24, 2.45) is 0 Å². The van der Waals surface area contributed by atoms with Crippen LogP contribution in [0.25, 0.3) is 0 Å². The Morgan fingerprint density at radius 2 is 2.27 bits per heavy atom. The van der Waals surface area contributed by atoms with Gasteiger partial charge in [0.1, 0.15) is 0 Å². The molecule has 0 radical (unpaired) electrons.